The van der Waals surface area contributed by atoms with Crippen molar-refractivity contribution < 1.29 is 14.1 Å². The van der Waals surface area contributed by atoms with Crippen LogP contribution < -0.4 is 4.74 Å². The molecule has 7 heteroatoms. The molecule has 24 heavy (non-hydrogen) atoms. The molecule has 3 rings (SSSR count). The molecule has 0 unspecified atom stereocenters. The zero-order valence-corrected chi connectivity index (χ0v) is 13.5. The van der Waals surface area contributed by atoms with E-state index < -0.39 is 16.4 Å². The predicted octanol–water partition coefficient (Wildman–Crippen LogP) is 4.46. The summed E-state index contributed by atoms with van der Waals surface area (Å²) in [4.78, 5) is 14.6. The van der Waals surface area contributed by atoms with Crippen molar-refractivity contribution >= 4 is 17.0 Å². The van der Waals surface area contributed by atoms with Crippen LogP contribution in [0.2, 0.25) is 0 Å². The number of thiazole rings is 1. The van der Waals surface area contributed by atoms with Crippen molar-refractivity contribution in [2.75, 3.05) is 7.11 Å². The van der Waals surface area contributed by atoms with Gasteiger partial charge >= 0.3 is 5.69 Å². The summed E-state index contributed by atoms with van der Waals surface area (Å²) in [6, 6.07) is 11.5. The van der Waals surface area contributed by atoms with Crippen LogP contribution in [0.3, 0.4) is 0 Å². The van der Waals surface area contributed by atoms with Crippen molar-refractivity contribution in [2.24, 2.45) is 0 Å². The van der Waals surface area contributed by atoms with Gasteiger partial charge in [0.05, 0.1) is 22.7 Å². The Balaban J connectivity index is 1.82. The van der Waals surface area contributed by atoms with Gasteiger partial charge < -0.3 is 4.74 Å². The molecule has 0 aliphatic carbocycles. The van der Waals surface area contributed by atoms with Crippen LogP contribution in [-0.2, 0) is 6.42 Å². The van der Waals surface area contributed by atoms with E-state index in [4.69, 9.17) is 4.74 Å². The number of rotatable bonds is 5. The van der Waals surface area contributed by atoms with Gasteiger partial charge in [-0.05, 0) is 29.8 Å². The van der Waals surface area contributed by atoms with E-state index in [1.807, 2.05) is 29.6 Å². The highest BCUT2D eigenvalue weighted by Gasteiger charge is 2.16. The molecule has 0 saturated heterocycles. The van der Waals surface area contributed by atoms with E-state index in [2.05, 4.69) is 4.98 Å². The van der Waals surface area contributed by atoms with E-state index in [0.717, 1.165) is 22.4 Å². The fourth-order valence-corrected chi connectivity index (χ4v) is 3.09. The molecule has 0 radical (unpaired) electrons. The van der Waals surface area contributed by atoms with E-state index in [1.54, 1.807) is 7.11 Å². The first-order valence-electron chi connectivity index (χ1n) is 7.08. The molecule has 0 fully saturated rings. The molecule has 2 aromatic carbocycles. The standard InChI is InChI=1S/C17H13FN2O3S/c1-23-13-5-2-11(3-6-13)8-17-19-15(10-24-17)12-4-7-14(18)16(9-12)20(21)22/h2-7,9-10H,8H2,1H3. The highest BCUT2D eigenvalue weighted by atomic mass is 32.1. The van der Waals surface area contributed by atoms with Gasteiger partial charge in [0.25, 0.3) is 0 Å². The molecule has 0 N–H and O–H groups in total. The number of nitro groups is 1. The second kappa shape index (κ2) is 6.76. The Morgan fingerprint density at radius 2 is 2.00 bits per heavy atom. The molecule has 0 aliphatic heterocycles. The number of hydrogen-bond donors (Lipinski definition) is 0. The molecule has 5 nitrogen and oxygen atoms in total. The van der Waals surface area contributed by atoms with E-state index in [-0.39, 0.29) is 0 Å². The molecule has 1 aromatic heterocycles. The number of hydrogen-bond acceptors (Lipinski definition) is 5. The summed E-state index contributed by atoms with van der Waals surface area (Å²) in [6.45, 7) is 0. The smallest absolute Gasteiger partial charge is 0.305 e. The van der Waals surface area contributed by atoms with Crippen LogP contribution in [0.5, 0.6) is 5.75 Å². The second-order valence-corrected chi connectivity index (χ2v) is 6.02. The van der Waals surface area contributed by atoms with Crippen LogP contribution in [0, 0.1) is 15.9 Å². The van der Waals surface area contributed by atoms with Crippen LogP contribution >= 0.6 is 11.3 Å². The molecule has 3 aromatic rings. The second-order valence-electron chi connectivity index (χ2n) is 5.07. The molecule has 0 atom stereocenters. The third kappa shape index (κ3) is 3.41. The van der Waals surface area contributed by atoms with Crippen LogP contribution in [0.25, 0.3) is 11.3 Å². The molecule has 0 spiro atoms. The molecule has 0 bridgehead atoms. The van der Waals surface area contributed by atoms with Crippen molar-refractivity contribution in [1.82, 2.24) is 4.98 Å². The number of methoxy groups -OCH3 is 1. The molecule has 0 aliphatic rings. The SMILES string of the molecule is COc1ccc(Cc2nc(-c3ccc(F)c([N+](=O)[O-])c3)cs2)cc1. The van der Waals surface area contributed by atoms with Gasteiger partial charge in [0.15, 0.2) is 0 Å². The molecule has 0 amide bonds. The zero-order chi connectivity index (χ0) is 17.1. The van der Waals surface area contributed by atoms with Crippen molar-refractivity contribution in [3.05, 3.63) is 74.3 Å². The largest absolute Gasteiger partial charge is 0.497 e. The number of nitrogens with zero attached hydrogens (tertiary/aromatic N) is 2. The molecule has 122 valence electrons. The fourth-order valence-electron chi connectivity index (χ4n) is 2.25. The summed E-state index contributed by atoms with van der Waals surface area (Å²) >= 11 is 1.46. The van der Waals surface area contributed by atoms with Crippen molar-refractivity contribution in [3.63, 3.8) is 0 Å². The lowest BCUT2D eigenvalue weighted by Crippen LogP contribution is -1.93. The quantitative estimate of drug-likeness (QED) is 0.506. The first-order chi connectivity index (χ1) is 11.6. The average molecular weight is 344 g/mol. The number of halogens is 1. The van der Waals surface area contributed by atoms with Gasteiger partial charge in [-0.1, -0.05) is 12.1 Å². The fraction of sp³-hybridized carbons (Fsp3) is 0.118. The maximum atomic E-state index is 13.4. The number of benzene rings is 2. The van der Waals surface area contributed by atoms with Crippen molar-refractivity contribution in [3.8, 4) is 17.0 Å². The summed E-state index contributed by atoms with van der Waals surface area (Å²) in [5, 5.41) is 13.5. The lowest BCUT2D eigenvalue weighted by atomic mass is 10.1. The van der Waals surface area contributed by atoms with Gasteiger partial charge in [-0.3, -0.25) is 10.1 Å². The lowest BCUT2D eigenvalue weighted by Gasteiger charge is -2.01. The van der Waals surface area contributed by atoms with Gasteiger partial charge in [0.1, 0.15) is 5.75 Å². The van der Waals surface area contributed by atoms with E-state index in [9.17, 15) is 14.5 Å². The highest BCUT2D eigenvalue weighted by Crippen LogP contribution is 2.28. The summed E-state index contributed by atoms with van der Waals surface area (Å²) in [7, 11) is 1.62. The number of nitro benzene ring substituents is 1. The Kier molecular flexibility index (Phi) is 4.52. The minimum absolute atomic E-state index is 0.528. The minimum atomic E-state index is -0.850. The lowest BCUT2D eigenvalue weighted by molar-refractivity contribution is -0.387. The number of aromatic nitrogens is 1. The summed E-state index contributed by atoms with van der Waals surface area (Å²) in [5.74, 6) is -0.0605. The Hall–Kier alpha value is -2.80. The monoisotopic (exact) mass is 344 g/mol. The van der Waals surface area contributed by atoms with E-state index >= 15 is 0 Å². The Labute approximate surface area is 141 Å². The van der Waals surface area contributed by atoms with Gasteiger partial charge in [0.2, 0.25) is 5.82 Å². The summed E-state index contributed by atoms with van der Waals surface area (Å²) < 4.78 is 18.5. The molecular weight excluding hydrogens is 331 g/mol. The van der Waals surface area contributed by atoms with Gasteiger partial charge in [-0.25, -0.2) is 4.98 Å². The van der Waals surface area contributed by atoms with Crippen LogP contribution in [0.1, 0.15) is 10.6 Å². The zero-order valence-electron chi connectivity index (χ0n) is 12.7. The first kappa shape index (κ1) is 16.1. The average Bonchev–Trinajstić information content (AvgIpc) is 3.04. The van der Waals surface area contributed by atoms with Crippen LogP contribution in [0.15, 0.2) is 47.8 Å². The van der Waals surface area contributed by atoms with E-state index in [0.29, 0.717) is 17.7 Å². The van der Waals surface area contributed by atoms with Gasteiger partial charge in [0, 0.05) is 23.4 Å². The van der Waals surface area contributed by atoms with Gasteiger partial charge in [-0.2, -0.15) is 4.39 Å². The van der Waals surface area contributed by atoms with Crippen LogP contribution in [-0.4, -0.2) is 17.0 Å². The minimum Gasteiger partial charge on any atom is -0.497 e. The van der Waals surface area contributed by atoms with Crippen LogP contribution in [0.4, 0.5) is 10.1 Å². The van der Waals surface area contributed by atoms with Gasteiger partial charge in [-0.15, -0.1) is 11.3 Å². The maximum absolute atomic E-state index is 13.4. The Morgan fingerprint density at radius 1 is 1.25 bits per heavy atom. The normalized spacial score (nSPS) is 10.6. The topological polar surface area (TPSA) is 65.3 Å². The van der Waals surface area contributed by atoms with Crippen molar-refractivity contribution in [2.45, 2.75) is 6.42 Å². The summed E-state index contributed by atoms with van der Waals surface area (Å²) in [5.41, 5.74) is 1.67. The van der Waals surface area contributed by atoms with Crippen molar-refractivity contribution in [1.29, 1.82) is 0 Å². The Morgan fingerprint density at radius 3 is 2.67 bits per heavy atom. The maximum Gasteiger partial charge on any atom is 0.305 e. The highest BCUT2D eigenvalue weighted by molar-refractivity contribution is 7.10. The summed E-state index contributed by atoms with van der Waals surface area (Å²) in [6.07, 6.45) is 0.651. The third-order valence-electron chi connectivity index (χ3n) is 3.50. The predicted molar refractivity (Wildman–Crippen MR) is 90.0 cm³/mol. The molecule has 1 heterocycles. The number of ether oxygens (including phenoxy) is 1. The van der Waals surface area contributed by atoms with E-state index in [1.165, 1.54) is 23.5 Å². The third-order valence-corrected chi connectivity index (χ3v) is 4.35. The Bertz CT molecular complexity index is 878. The molecular formula is C17H13FN2O3S. The molecule has 0 saturated carbocycles. The first-order valence-corrected chi connectivity index (χ1v) is 7.96.